The average Bonchev–Trinajstić information content (AvgIpc) is 3.15. The summed E-state index contributed by atoms with van der Waals surface area (Å²) < 4.78 is 32.9. The molecule has 1 aliphatic rings. The van der Waals surface area contributed by atoms with Gasteiger partial charge in [-0.05, 0) is 29.8 Å². The van der Waals surface area contributed by atoms with E-state index in [0.29, 0.717) is 23.7 Å². The van der Waals surface area contributed by atoms with Crippen molar-refractivity contribution in [2.75, 3.05) is 5.32 Å². The van der Waals surface area contributed by atoms with Crippen molar-refractivity contribution in [2.24, 2.45) is 0 Å². The summed E-state index contributed by atoms with van der Waals surface area (Å²) in [6, 6.07) is 14.0. The first-order valence-corrected chi connectivity index (χ1v) is 9.70. The highest BCUT2D eigenvalue weighted by Gasteiger charge is 2.46. The topological polar surface area (TPSA) is 92.8 Å². The van der Waals surface area contributed by atoms with Crippen LogP contribution in [0.3, 0.4) is 0 Å². The fourth-order valence-electron chi connectivity index (χ4n) is 3.21. The van der Waals surface area contributed by atoms with E-state index in [1.807, 2.05) is 6.07 Å². The van der Waals surface area contributed by atoms with Crippen molar-refractivity contribution >= 4 is 11.7 Å². The molecule has 31 heavy (non-hydrogen) atoms. The molecule has 1 aliphatic carbocycles. The lowest BCUT2D eigenvalue weighted by Crippen LogP contribution is -2.43. The lowest BCUT2D eigenvalue weighted by Gasteiger charge is -2.34. The van der Waals surface area contributed by atoms with Crippen LogP contribution in [0.4, 0.5) is 14.6 Å². The first-order valence-electron chi connectivity index (χ1n) is 9.70. The van der Waals surface area contributed by atoms with Crippen molar-refractivity contribution in [3.63, 3.8) is 0 Å². The molecule has 2 heterocycles. The Kier molecular flexibility index (Phi) is 5.62. The second-order valence-corrected chi connectivity index (χ2v) is 7.42. The molecule has 0 bridgehead atoms. The van der Waals surface area contributed by atoms with E-state index >= 15 is 0 Å². The SMILES string of the molecule is N#Cc1ccc(Cn2ccc(NC(=O)Cc3ccc(OC4CC(F)(F)C4)cc3)n2)nc1. The number of rotatable bonds is 7. The number of halogens is 2. The summed E-state index contributed by atoms with van der Waals surface area (Å²) in [6.45, 7) is 0.413. The minimum atomic E-state index is -2.62. The van der Waals surface area contributed by atoms with Gasteiger partial charge in [0, 0.05) is 31.3 Å². The van der Waals surface area contributed by atoms with Crippen molar-refractivity contribution in [1.82, 2.24) is 14.8 Å². The molecule has 9 heteroatoms. The molecule has 3 aromatic rings. The molecule has 2 aromatic heterocycles. The van der Waals surface area contributed by atoms with Crippen LogP contribution < -0.4 is 10.1 Å². The number of alkyl halides is 2. The van der Waals surface area contributed by atoms with E-state index in [-0.39, 0.29) is 25.2 Å². The number of aromatic nitrogens is 3. The van der Waals surface area contributed by atoms with Crippen molar-refractivity contribution in [3.05, 3.63) is 71.7 Å². The standard InChI is InChI=1S/C22H19F2N5O2/c23-22(24)10-19(11-22)31-18-5-2-15(3-6-18)9-21(30)27-20-7-8-29(28-20)14-17-4-1-16(12-25)13-26-17/h1-8,13,19H,9-11,14H2,(H,27,28,30). The van der Waals surface area contributed by atoms with Crippen molar-refractivity contribution in [3.8, 4) is 11.8 Å². The van der Waals surface area contributed by atoms with Gasteiger partial charge < -0.3 is 10.1 Å². The van der Waals surface area contributed by atoms with E-state index < -0.39 is 12.0 Å². The fraction of sp³-hybridized carbons (Fsp3) is 0.273. The van der Waals surface area contributed by atoms with Crippen LogP contribution in [-0.4, -0.2) is 32.7 Å². The van der Waals surface area contributed by atoms with Crippen LogP contribution in [0.5, 0.6) is 5.75 Å². The van der Waals surface area contributed by atoms with Crippen LogP contribution in [-0.2, 0) is 17.8 Å². The average molecular weight is 423 g/mol. The molecule has 1 aromatic carbocycles. The molecule has 7 nitrogen and oxygen atoms in total. The van der Waals surface area contributed by atoms with Gasteiger partial charge in [0.15, 0.2) is 5.82 Å². The molecule has 1 saturated carbocycles. The van der Waals surface area contributed by atoms with Crippen LogP contribution in [0.25, 0.3) is 0 Å². The van der Waals surface area contributed by atoms with Gasteiger partial charge in [-0.3, -0.25) is 14.5 Å². The number of ether oxygens (including phenoxy) is 1. The number of carbonyl (C=O) groups is 1. The summed E-state index contributed by atoms with van der Waals surface area (Å²) in [5.74, 6) is -1.91. The first kappa shape index (κ1) is 20.5. The van der Waals surface area contributed by atoms with Gasteiger partial charge >= 0.3 is 0 Å². The Hall–Kier alpha value is -3.80. The number of hydrogen-bond donors (Lipinski definition) is 1. The summed E-state index contributed by atoms with van der Waals surface area (Å²) >= 11 is 0. The molecule has 1 amide bonds. The summed E-state index contributed by atoms with van der Waals surface area (Å²) in [5.41, 5.74) is 2.00. The van der Waals surface area contributed by atoms with E-state index in [1.54, 1.807) is 53.3 Å². The number of hydrogen-bond acceptors (Lipinski definition) is 5. The molecule has 0 aliphatic heterocycles. The predicted octanol–water partition coefficient (Wildman–Crippen LogP) is 3.56. The first-order chi connectivity index (χ1) is 14.9. The Balaban J connectivity index is 1.26. The van der Waals surface area contributed by atoms with Crippen molar-refractivity contribution in [1.29, 1.82) is 5.26 Å². The van der Waals surface area contributed by atoms with Crippen molar-refractivity contribution in [2.45, 2.75) is 37.8 Å². The molecule has 4 rings (SSSR count). The number of nitrogens with one attached hydrogen (secondary N) is 1. The maximum atomic E-state index is 12.9. The largest absolute Gasteiger partial charge is 0.490 e. The normalized spacial score (nSPS) is 15.0. The molecular weight excluding hydrogens is 404 g/mol. The van der Waals surface area contributed by atoms with Gasteiger partial charge in [0.1, 0.15) is 17.9 Å². The molecule has 0 radical (unpaired) electrons. The third-order valence-corrected chi connectivity index (χ3v) is 4.83. The van der Waals surface area contributed by atoms with Crippen LogP contribution in [0, 0.1) is 11.3 Å². The summed E-state index contributed by atoms with van der Waals surface area (Å²) in [6.07, 6.45) is 2.39. The summed E-state index contributed by atoms with van der Waals surface area (Å²) in [5, 5.41) is 15.9. The Bertz CT molecular complexity index is 1100. The molecule has 1 fully saturated rings. The highest BCUT2D eigenvalue weighted by Crippen LogP contribution is 2.39. The van der Waals surface area contributed by atoms with Crippen LogP contribution in [0.1, 0.15) is 29.7 Å². The maximum absolute atomic E-state index is 12.9. The predicted molar refractivity (Wildman–Crippen MR) is 108 cm³/mol. The molecule has 0 saturated heterocycles. The number of carbonyl (C=O) groups excluding carboxylic acids is 1. The Labute approximate surface area is 177 Å². The van der Waals surface area contributed by atoms with Crippen LogP contribution in [0.15, 0.2) is 54.9 Å². The van der Waals surface area contributed by atoms with Crippen LogP contribution >= 0.6 is 0 Å². The highest BCUT2D eigenvalue weighted by atomic mass is 19.3. The number of anilines is 1. The number of pyridine rings is 1. The van der Waals surface area contributed by atoms with Gasteiger partial charge in [-0.1, -0.05) is 12.1 Å². The quantitative estimate of drug-likeness (QED) is 0.627. The van der Waals surface area contributed by atoms with Crippen LogP contribution in [0.2, 0.25) is 0 Å². The number of nitriles is 1. The Morgan fingerprint density at radius 3 is 2.65 bits per heavy atom. The molecular formula is C22H19F2N5O2. The summed E-state index contributed by atoms with van der Waals surface area (Å²) in [4.78, 5) is 16.5. The van der Waals surface area contributed by atoms with Gasteiger partial charge in [0.25, 0.3) is 5.92 Å². The maximum Gasteiger partial charge on any atom is 0.255 e. The molecule has 0 unspecified atom stereocenters. The number of amides is 1. The van der Waals surface area contributed by atoms with Crippen molar-refractivity contribution < 1.29 is 18.3 Å². The van der Waals surface area contributed by atoms with E-state index in [0.717, 1.165) is 11.3 Å². The Morgan fingerprint density at radius 2 is 2.00 bits per heavy atom. The number of nitrogens with zero attached hydrogens (tertiary/aromatic N) is 4. The number of benzene rings is 1. The lowest BCUT2D eigenvalue weighted by molar-refractivity contribution is -0.134. The van der Waals surface area contributed by atoms with Gasteiger partial charge in [-0.15, -0.1) is 0 Å². The molecule has 0 spiro atoms. The molecule has 158 valence electrons. The lowest BCUT2D eigenvalue weighted by atomic mass is 9.91. The van der Waals surface area contributed by atoms with E-state index in [1.165, 1.54) is 6.20 Å². The highest BCUT2D eigenvalue weighted by molar-refractivity contribution is 5.91. The Morgan fingerprint density at radius 1 is 1.23 bits per heavy atom. The van der Waals surface area contributed by atoms with Gasteiger partial charge in [0.2, 0.25) is 5.91 Å². The molecule has 0 atom stereocenters. The smallest absolute Gasteiger partial charge is 0.255 e. The zero-order valence-corrected chi connectivity index (χ0v) is 16.5. The van der Waals surface area contributed by atoms with E-state index in [9.17, 15) is 13.6 Å². The minimum absolute atomic E-state index is 0.145. The van der Waals surface area contributed by atoms with E-state index in [2.05, 4.69) is 15.4 Å². The van der Waals surface area contributed by atoms with Gasteiger partial charge in [-0.25, -0.2) is 8.78 Å². The summed E-state index contributed by atoms with van der Waals surface area (Å²) in [7, 11) is 0. The van der Waals surface area contributed by atoms with Gasteiger partial charge in [0.05, 0.1) is 24.2 Å². The minimum Gasteiger partial charge on any atom is -0.490 e. The van der Waals surface area contributed by atoms with E-state index in [4.69, 9.17) is 10.00 Å². The fourth-order valence-corrected chi connectivity index (χ4v) is 3.21. The monoisotopic (exact) mass is 423 g/mol. The molecule has 1 N–H and O–H groups in total. The van der Waals surface area contributed by atoms with Gasteiger partial charge in [-0.2, -0.15) is 10.4 Å². The third-order valence-electron chi connectivity index (χ3n) is 4.83. The second-order valence-electron chi connectivity index (χ2n) is 7.42. The second kappa shape index (κ2) is 8.52. The third kappa shape index (κ3) is 5.42. The zero-order valence-electron chi connectivity index (χ0n) is 16.5. The zero-order chi connectivity index (χ0) is 21.8.